The average Bonchev–Trinajstić information content (AvgIpc) is 3.71. The Morgan fingerprint density at radius 3 is 2.27 bits per heavy atom. The number of aromatic nitrogens is 1. The van der Waals surface area contributed by atoms with Gasteiger partial charge in [0.1, 0.15) is 6.10 Å². The number of nitrogens with zero attached hydrogens (tertiary/aromatic N) is 1. The number of carbonyl (C=O) groups is 1. The van der Waals surface area contributed by atoms with E-state index in [9.17, 15) is 9.90 Å². The first-order valence-electron chi connectivity index (χ1n) is 14.4. The van der Waals surface area contributed by atoms with Gasteiger partial charge in [-0.05, 0) is 55.7 Å². The third-order valence-corrected chi connectivity index (χ3v) is 7.44. The first kappa shape index (κ1) is 29.1. The van der Waals surface area contributed by atoms with Gasteiger partial charge >= 0.3 is 5.97 Å². The number of rotatable bonds is 16. The number of pyridine rings is 1. The number of hydrogen-bond acceptors (Lipinski definition) is 5. The van der Waals surface area contributed by atoms with E-state index in [0.717, 1.165) is 36.9 Å². The van der Waals surface area contributed by atoms with E-state index in [0.29, 0.717) is 12.0 Å². The molecule has 0 aliphatic heterocycles. The number of nitrogens with one attached hydrogen (secondary N) is 1. The molecule has 204 valence electrons. The minimum atomic E-state index is -0.663. The molecule has 2 aliphatic carbocycles. The summed E-state index contributed by atoms with van der Waals surface area (Å²) in [6.07, 6.45) is 17.1. The molecular weight excluding hydrogens is 464 g/mol. The molecule has 3 N–H and O–H groups in total. The second kappa shape index (κ2) is 16.4. The molecule has 37 heavy (non-hydrogen) atoms. The molecule has 0 bridgehead atoms. The number of unbranched alkanes of at least 4 members (excludes halogenated alkanes) is 7. The van der Waals surface area contributed by atoms with Crippen LogP contribution in [0.3, 0.4) is 0 Å². The maximum Gasteiger partial charge on any atom is 0.307 e. The number of aliphatic hydroxyl groups excluding tert-OH is 1. The minimum Gasteiger partial charge on any atom is -0.481 e. The molecule has 3 atom stereocenters. The average molecular weight is 511 g/mol. The number of carboxylic acids is 1. The van der Waals surface area contributed by atoms with Crippen LogP contribution in [0.15, 0.2) is 48.7 Å². The van der Waals surface area contributed by atoms with E-state index in [2.05, 4.69) is 17.2 Å². The van der Waals surface area contributed by atoms with Crippen molar-refractivity contribution < 1.29 is 19.7 Å². The van der Waals surface area contributed by atoms with Crippen molar-refractivity contribution in [1.82, 2.24) is 10.3 Å². The number of ether oxygens (including phenoxy) is 1. The van der Waals surface area contributed by atoms with E-state index in [1.807, 2.05) is 48.7 Å². The molecule has 2 aromatic rings. The van der Waals surface area contributed by atoms with Crippen molar-refractivity contribution in [3.8, 4) is 5.88 Å². The molecule has 6 nitrogen and oxygen atoms in total. The molecule has 0 unspecified atom stereocenters. The molecule has 0 saturated heterocycles. The molecule has 1 heterocycles. The number of carboxylic acid groups (broad SMARTS) is 1. The van der Waals surface area contributed by atoms with Crippen LogP contribution in [0.25, 0.3) is 0 Å². The number of benzene rings is 1. The number of aliphatic carboxylic acids is 1. The zero-order valence-electron chi connectivity index (χ0n) is 22.5. The summed E-state index contributed by atoms with van der Waals surface area (Å²) >= 11 is 0. The Bertz CT molecular complexity index is 886. The van der Waals surface area contributed by atoms with Crippen LogP contribution in [0.2, 0.25) is 0 Å². The Kier molecular flexibility index (Phi) is 12.9. The van der Waals surface area contributed by atoms with Crippen molar-refractivity contribution >= 4 is 5.97 Å². The quantitative estimate of drug-likeness (QED) is 0.219. The summed E-state index contributed by atoms with van der Waals surface area (Å²) in [5, 5.41) is 21.8. The topological polar surface area (TPSA) is 91.7 Å². The summed E-state index contributed by atoms with van der Waals surface area (Å²) in [7, 11) is 0. The molecular formula is C31H46N2O4. The highest BCUT2D eigenvalue weighted by Gasteiger charge is 2.43. The predicted molar refractivity (Wildman–Crippen MR) is 148 cm³/mol. The fourth-order valence-electron chi connectivity index (χ4n) is 4.69. The Morgan fingerprint density at radius 2 is 1.73 bits per heavy atom. The molecule has 4 rings (SSSR count). The van der Waals surface area contributed by atoms with E-state index >= 15 is 0 Å². The Morgan fingerprint density at radius 1 is 1.03 bits per heavy atom. The summed E-state index contributed by atoms with van der Waals surface area (Å²) in [5.74, 6) is 0.174. The lowest BCUT2D eigenvalue weighted by atomic mass is 9.96. The standard InChI is InChI=1S/C21H36N2O2.C10H10O2/c1-2-3-4-5-6-7-8-9-15-22-20(17-24)18-13-14-21(23-16-18)25-19-11-10-12-19;11-10(12)9-6-8(9)7-4-2-1-3-5-7/h13-14,16,19-20,22,24H,2-12,15,17H2,1H3;1-5,8-9H,6H2,(H,11,12)/t20-;8-,9+/m01/s1. The van der Waals surface area contributed by atoms with Crippen molar-refractivity contribution in [1.29, 1.82) is 0 Å². The third-order valence-electron chi connectivity index (χ3n) is 7.44. The molecule has 2 aliphatic rings. The number of hydrogen-bond donors (Lipinski definition) is 3. The van der Waals surface area contributed by atoms with Crippen molar-refractivity contribution in [2.45, 2.75) is 102 Å². The Labute approximate surface area is 222 Å². The maximum atomic E-state index is 10.5. The molecule has 0 spiro atoms. The third kappa shape index (κ3) is 10.4. The second-order valence-corrected chi connectivity index (χ2v) is 10.5. The van der Waals surface area contributed by atoms with Gasteiger partial charge in [-0.2, -0.15) is 0 Å². The van der Waals surface area contributed by atoms with Gasteiger partial charge in [0.05, 0.1) is 18.6 Å². The largest absolute Gasteiger partial charge is 0.481 e. The zero-order valence-corrected chi connectivity index (χ0v) is 22.5. The summed E-state index contributed by atoms with van der Waals surface area (Å²) in [4.78, 5) is 14.9. The highest BCUT2D eigenvalue weighted by atomic mass is 16.5. The highest BCUT2D eigenvalue weighted by molar-refractivity contribution is 5.75. The highest BCUT2D eigenvalue weighted by Crippen LogP contribution is 2.47. The van der Waals surface area contributed by atoms with E-state index in [1.54, 1.807) is 0 Å². The van der Waals surface area contributed by atoms with E-state index in [-0.39, 0.29) is 24.5 Å². The van der Waals surface area contributed by atoms with Crippen molar-refractivity contribution in [3.63, 3.8) is 0 Å². The zero-order chi connectivity index (χ0) is 26.3. The first-order valence-corrected chi connectivity index (χ1v) is 14.4. The van der Waals surface area contributed by atoms with Crippen molar-refractivity contribution in [2.24, 2.45) is 5.92 Å². The summed E-state index contributed by atoms with van der Waals surface area (Å²) < 4.78 is 5.79. The Hall–Kier alpha value is -2.44. The first-order chi connectivity index (χ1) is 18.1. The lowest BCUT2D eigenvalue weighted by Gasteiger charge is -2.25. The molecule has 2 fully saturated rings. The second-order valence-electron chi connectivity index (χ2n) is 10.5. The lowest BCUT2D eigenvalue weighted by molar-refractivity contribution is -0.138. The van der Waals surface area contributed by atoms with Crippen LogP contribution >= 0.6 is 0 Å². The monoisotopic (exact) mass is 510 g/mol. The van der Waals surface area contributed by atoms with Crippen molar-refractivity contribution in [2.75, 3.05) is 13.2 Å². The van der Waals surface area contributed by atoms with Crippen molar-refractivity contribution in [3.05, 3.63) is 59.8 Å². The normalized spacial score (nSPS) is 19.3. The van der Waals surface area contributed by atoms with Crippen LogP contribution in [0.4, 0.5) is 0 Å². The van der Waals surface area contributed by atoms with Gasteiger partial charge in [0.25, 0.3) is 0 Å². The van der Waals surface area contributed by atoms with Gasteiger partial charge in [-0.15, -0.1) is 0 Å². The molecule has 0 radical (unpaired) electrons. The van der Waals surface area contributed by atoms with Gasteiger partial charge < -0.3 is 20.3 Å². The van der Waals surface area contributed by atoms with Crippen LogP contribution in [-0.2, 0) is 4.79 Å². The summed E-state index contributed by atoms with van der Waals surface area (Å²) in [6, 6.07) is 13.7. The molecule has 1 aromatic heterocycles. The van der Waals surface area contributed by atoms with Gasteiger partial charge in [0, 0.05) is 12.3 Å². The summed E-state index contributed by atoms with van der Waals surface area (Å²) in [6.45, 7) is 3.30. The van der Waals surface area contributed by atoms with Gasteiger partial charge in [-0.1, -0.05) is 88.3 Å². The van der Waals surface area contributed by atoms with E-state index < -0.39 is 5.97 Å². The smallest absolute Gasteiger partial charge is 0.307 e. The van der Waals surface area contributed by atoms with Crippen LogP contribution in [-0.4, -0.2) is 40.4 Å². The maximum absolute atomic E-state index is 10.5. The molecule has 1 aromatic carbocycles. The van der Waals surface area contributed by atoms with Crippen LogP contribution in [0.5, 0.6) is 5.88 Å². The van der Waals surface area contributed by atoms with Gasteiger partial charge in [0.2, 0.25) is 5.88 Å². The van der Waals surface area contributed by atoms with Crippen LogP contribution in [0, 0.1) is 5.92 Å². The van der Waals surface area contributed by atoms with Crippen LogP contribution in [0.1, 0.15) is 107 Å². The fourth-order valence-corrected chi connectivity index (χ4v) is 4.69. The molecule has 2 saturated carbocycles. The lowest BCUT2D eigenvalue weighted by Crippen LogP contribution is -2.26. The minimum absolute atomic E-state index is 0.0326. The number of aliphatic hydroxyl groups is 1. The fraction of sp³-hybridized carbons (Fsp3) is 0.613. The Balaban J connectivity index is 0.000000262. The van der Waals surface area contributed by atoms with E-state index in [4.69, 9.17) is 9.84 Å². The van der Waals surface area contributed by atoms with E-state index in [1.165, 1.54) is 57.8 Å². The molecule has 0 amide bonds. The van der Waals surface area contributed by atoms with Gasteiger partial charge in [-0.3, -0.25) is 4.79 Å². The molecule has 6 heteroatoms. The SMILES string of the molecule is CCCCCCCCCCN[C@@H](CO)c1ccc(OC2CCC2)nc1.O=C(O)[C@H]1C[C@@H]1c1ccccc1. The van der Waals surface area contributed by atoms with Crippen LogP contribution < -0.4 is 10.1 Å². The van der Waals surface area contributed by atoms with Gasteiger partial charge in [0.15, 0.2) is 0 Å². The predicted octanol–water partition coefficient (Wildman–Crippen LogP) is 6.65. The summed E-state index contributed by atoms with van der Waals surface area (Å²) in [5.41, 5.74) is 2.19. The van der Waals surface area contributed by atoms with Gasteiger partial charge in [-0.25, -0.2) is 4.98 Å².